The molecule has 0 radical (unpaired) electrons. The Morgan fingerprint density at radius 3 is 2.75 bits per heavy atom. The maximum atomic E-state index is 12.4. The molecule has 0 bridgehead atoms. The first-order valence-corrected chi connectivity index (χ1v) is 9.13. The van der Waals surface area contributed by atoms with E-state index < -0.39 is 0 Å². The summed E-state index contributed by atoms with van der Waals surface area (Å²) in [6, 6.07) is 7.93. The van der Waals surface area contributed by atoms with Crippen LogP contribution in [0.3, 0.4) is 0 Å². The zero-order chi connectivity index (χ0) is 16.5. The van der Waals surface area contributed by atoms with E-state index in [4.69, 9.17) is 9.15 Å². The van der Waals surface area contributed by atoms with Crippen molar-refractivity contribution in [1.82, 2.24) is 4.98 Å². The Kier molecular flexibility index (Phi) is 4.10. The predicted molar refractivity (Wildman–Crippen MR) is 95.2 cm³/mol. The summed E-state index contributed by atoms with van der Waals surface area (Å²) in [6.07, 6.45) is 5.81. The van der Waals surface area contributed by atoms with E-state index in [1.807, 2.05) is 24.3 Å². The van der Waals surface area contributed by atoms with Crippen LogP contribution in [-0.2, 0) is 25.7 Å². The molecule has 2 aromatic heterocycles. The van der Waals surface area contributed by atoms with E-state index in [1.165, 1.54) is 22.4 Å². The zero-order valence-electron chi connectivity index (χ0n) is 13.6. The number of hydrogen-bond donors (Lipinski definition) is 0. The largest absolute Gasteiger partial charge is 0.497 e. The molecule has 124 valence electrons. The summed E-state index contributed by atoms with van der Waals surface area (Å²) in [5, 5.41) is 0.725. The van der Waals surface area contributed by atoms with Gasteiger partial charge in [-0.2, -0.15) is 0 Å². The molecule has 0 aliphatic heterocycles. The van der Waals surface area contributed by atoms with E-state index in [0.29, 0.717) is 12.3 Å². The van der Waals surface area contributed by atoms with Crippen LogP contribution in [0.4, 0.5) is 0 Å². The number of aryl methyl sites for hydroxylation is 4. The third-order valence-corrected chi connectivity index (χ3v) is 5.77. The molecule has 1 aromatic carbocycles. The van der Waals surface area contributed by atoms with Crippen LogP contribution in [0.5, 0.6) is 5.75 Å². The third-order valence-electron chi connectivity index (χ3n) is 4.58. The lowest BCUT2D eigenvalue weighted by Gasteiger charge is -2.09. The summed E-state index contributed by atoms with van der Waals surface area (Å²) >= 11 is 1.67. The summed E-state index contributed by atoms with van der Waals surface area (Å²) in [5.41, 5.74) is 2.14. The second-order valence-corrected chi connectivity index (χ2v) is 7.22. The van der Waals surface area contributed by atoms with Crippen LogP contribution in [0.2, 0.25) is 0 Å². The van der Waals surface area contributed by atoms with E-state index in [1.54, 1.807) is 18.4 Å². The van der Waals surface area contributed by atoms with Gasteiger partial charge in [0.1, 0.15) is 16.0 Å². The summed E-state index contributed by atoms with van der Waals surface area (Å²) in [7, 11) is 1.66. The molecule has 0 unspecified atom stereocenters. The molecule has 0 amide bonds. The molecule has 1 aliphatic rings. The van der Waals surface area contributed by atoms with Crippen LogP contribution in [0.25, 0.3) is 10.2 Å². The number of benzene rings is 1. The van der Waals surface area contributed by atoms with Gasteiger partial charge in [0.2, 0.25) is 0 Å². The molecule has 5 heteroatoms. The van der Waals surface area contributed by atoms with Crippen molar-refractivity contribution >= 4 is 21.6 Å². The number of rotatable bonds is 4. The molecule has 4 rings (SSSR count). The molecule has 0 N–H and O–H groups in total. The van der Waals surface area contributed by atoms with E-state index in [2.05, 4.69) is 4.98 Å². The standard InChI is InChI=1S/C19H19NO3S/c1-22-13-9-6-12(7-10-13)8-11-16-20-18-17(19(21)23-16)14-4-2-3-5-15(14)24-18/h6-7,9-10H,2-5,8,11H2,1H3. The van der Waals surface area contributed by atoms with Gasteiger partial charge in [0.25, 0.3) is 0 Å². The number of hydrogen-bond acceptors (Lipinski definition) is 5. The second kappa shape index (κ2) is 6.40. The molecule has 1 aliphatic carbocycles. The maximum absolute atomic E-state index is 12.4. The fourth-order valence-corrected chi connectivity index (χ4v) is 4.55. The molecule has 4 nitrogen and oxygen atoms in total. The fourth-order valence-electron chi connectivity index (χ4n) is 3.29. The minimum absolute atomic E-state index is 0.218. The van der Waals surface area contributed by atoms with Gasteiger partial charge in [-0.1, -0.05) is 12.1 Å². The lowest BCUT2D eigenvalue weighted by molar-refractivity contribution is 0.414. The van der Waals surface area contributed by atoms with Crippen LogP contribution in [0.1, 0.15) is 34.7 Å². The highest BCUT2D eigenvalue weighted by Gasteiger charge is 2.20. The molecular formula is C19H19NO3S. The second-order valence-electron chi connectivity index (χ2n) is 6.13. The van der Waals surface area contributed by atoms with Crippen molar-refractivity contribution in [3.63, 3.8) is 0 Å². The first kappa shape index (κ1) is 15.4. The normalized spacial score (nSPS) is 13.9. The highest BCUT2D eigenvalue weighted by Crippen LogP contribution is 2.33. The number of thiophene rings is 1. The van der Waals surface area contributed by atoms with Crippen molar-refractivity contribution in [1.29, 1.82) is 0 Å². The van der Waals surface area contributed by atoms with Crippen LogP contribution in [0.15, 0.2) is 33.5 Å². The van der Waals surface area contributed by atoms with Gasteiger partial charge in [0.15, 0.2) is 5.89 Å². The van der Waals surface area contributed by atoms with Gasteiger partial charge in [0.05, 0.1) is 7.11 Å². The van der Waals surface area contributed by atoms with E-state index >= 15 is 0 Å². The van der Waals surface area contributed by atoms with Gasteiger partial charge in [-0.3, -0.25) is 0 Å². The Morgan fingerprint density at radius 1 is 1.17 bits per heavy atom. The van der Waals surface area contributed by atoms with E-state index in [0.717, 1.165) is 41.6 Å². The average molecular weight is 341 g/mol. The average Bonchev–Trinajstić information content (AvgIpc) is 2.99. The Labute approximate surface area is 144 Å². The summed E-state index contributed by atoms with van der Waals surface area (Å²) in [4.78, 5) is 19.2. The molecule has 0 fully saturated rings. The van der Waals surface area contributed by atoms with Gasteiger partial charge in [-0.25, -0.2) is 9.78 Å². The molecule has 24 heavy (non-hydrogen) atoms. The quantitative estimate of drug-likeness (QED) is 0.722. The Balaban J connectivity index is 1.59. The first-order chi connectivity index (χ1) is 11.7. The van der Waals surface area contributed by atoms with Crippen LogP contribution >= 0.6 is 11.3 Å². The molecule has 0 saturated heterocycles. The third kappa shape index (κ3) is 2.84. The van der Waals surface area contributed by atoms with Crippen LogP contribution in [0, 0.1) is 0 Å². The molecule has 0 atom stereocenters. The Morgan fingerprint density at radius 2 is 1.96 bits per heavy atom. The molecule has 2 heterocycles. The topological polar surface area (TPSA) is 52.3 Å². The van der Waals surface area contributed by atoms with Crippen molar-refractivity contribution in [2.75, 3.05) is 7.11 Å². The predicted octanol–water partition coefficient (Wildman–Crippen LogP) is 3.92. The van der Waals surface area contributed by atoms with E-state index in [-0.39, 0.29) is 5.63 Å². The summed E-state index contributed by atoms with van der Waals surface area (Å²) in [6.45, 7) is 0. The molecular weight excluding hydrogens is 322 g/mol. The number of aromatic nitrogens is 1. The number of fused-ring (bicyclic) bond motifs is 3. The highest BCUT2D eigenvalue weighted by molar-refractivity contribution is 7.18. The molecule has 0 saturated carbocycles. The number of ether oxygens (including phenoxy) is 1. The van der Waals surface area contributed by atoms with Crippen molar-refractivity contribution in [2.24, 2.45) is 0 Å². The Hall–Kier alpha value is -2.14. The SMILES string of the molecule is COc1ccc(CCc2nc3sc4c(c3c(=O)o2)CCCC4)cc1. The number of nitrogens with zero attached hydrogens (tertiary/aromatic N) is 1. The maximum Gasteiger partial charge on any atom is 0.348 e. The monoisotopic (exact) mass is 341 g/mol. The van der Waals surface area contributed by atoms with Crippen molar-refractivity contribution in [2.45, 2.75) is 38.5 Å². The van der Waals surface area contributed by atoms with Crippen LogP contribution in [-0.4, -0.2) is 12.1 Å². The minimum Gasteiger partial charge on any atom is -0.497 e. The first-order valence-electron chi connectivity index (χ1n) is 8.32. The van der Waals surface area contributed by atoms with Gasteiger partial charge >= 0.3 is 5.63 Å². The van der Waals surface area contributed by atoms with Crippen molar-refractivity contribution < 1.29 is 9.15 Å². The van der Waals surface area contributed by atoms with Crippen LogP contribution < -0.4 is 10.4 Å². The zero-order valence-corrected chi connectivity index (χ0v) is 14.4. The summed E-state index contributed by atoms with van der Waals surface area (Å²) < 4.78 is 10.7. The Bertz CT molecular complexity index is 924. The van der Waals surface area contributed by atoms with Gasteiger partial charge in [0, 0.05) is 11.3 Å². The number of methoxy groups -OCH3 is 1. The lowest BCUT2D eigenvalue weighted by atomic mass is 9.97. The van der Waals surface area contributed by atoms with Gasteiger partial charge in [-0.05, 0) is 55.4 Å². The van der Waals surface area contributed by atoms with Crippen molar-refractivity contribution in [3.05, 3.63) is 56.6 Å². The molecule has 3 aromatic rings. The minimum atomic E-state index is -0.218. The van der Waals surface area contributed by atoms with Gasteiger partial charge < -0.3 is 9.15 Å². The fraction of sp³-hybridized carbons (Fsp3) is 0.368. The van der Waals surface area contributed by atoms with Gasteiger partial charge in [-0.15, -0.1) is 11.3 Å². The smallest absolute Gasteiger partial charge is 0.348 e. The summed E-state index contributed by atoms with van der Waals surface area (Å²) in [5.74, 6) is 1.37. The highest BCUT2D eigenvalue weighted by atomic mass is 32.1. The molecule has 0 spiro atoms. The van der Waals surface area contributed by atoms with Crippen molar-refractivity contribution in [3.8, 4) is 5.75 Å². The lowest BCUT2D eigenvalue weighted by Crippen LogP contribution is -2.08. The van der Waals surface area contributed by atoms with E-state index in [9.17, 15) is 4.79 Å².